The minimum atomic E-state index is 1.08. The summed E-state index contributed by atoms with van der Waals surface area (Å²) in [5.74, 6) is 0. The van der Waals surface area contributed by atoms with Crippen LogP contribution < -0.4 is 9.80 Å². The minimum Gasteiger partial charge on any atom is -0.311 e. The third-order valence-corrected chi connectivity index (χ3v) is 11.8. The fourth-order valence-corrected chi connectivity index (χ4v) is 8.99. The third kappa shape index (κ3) is 6.32. The molecule has 11 aromatic rings. The van der Waals surface area contributed by atoms with E-state index >= 15 is 0 Å². The molecule has 2 heteroatoms. The van der Waals surface area contributed by atoms with Crippen LogP contribution in [0, 0.1) is 0 Å². The van der Waals surface area contributed by atoms with Crippen molar-refractivity contribution in [2.24, 2.45) is 0 Å². The Morgan fingerprint density at radius 1 is 0.200 bits per heavy atom. The molecule has 0 aromatic heterocycles. The summed E-state index contributed by atoms with van der Waals surface area (Å²) in [6.07, 6.45) is 0. The molecule has 0 unspecified atom stereocenters. The van der Waals surface area contributed by atoms with Crippen molar-refractivity contribution in [1.82, 2.24) is 0 Å². The van der Waals surface area contributed by atoms with Crippen LogP contribution in [0.3, 0.4) is 0 Å². The van der Waals surface area contributed by atoms with Gasteiger partial charge in [-0.05, 0) is 150 Å². The molecule has 0 aliphatic rings. The maximum absolute atomic E-state index is 2.41. The van der Waals surface area contributed by atoms with Gasteiger partial charge in [0.25, 0.3) is 0 Å². The smallest absolute Gasteiger partial charge is 0.0468 e. The summed E-state index contributed by atoms with van der Waals surface area (Å²) in [7, 11) is 0. The van der Waals surface area contributed by atoms with Crippen LogP contribution in [-0.4, -0.2) is 0 Å². The lowest BCUT2D eigenvalue weighted by Gasteiger charge is -2.29. The van der Waals surface area contributed by atoms with E-state index in [0.717, 1.165) is 34.1 Å². The number of nitrogens with zero attached hydrogens (tertiary/aromatic N) is 2. The van der Waals surface area contributed by atoms with E-state index < -0.39 is 0 Å². The highest BCUT2D eigenvalue weighted by Gasteiger charge is 2.21. The van der Waals surface area contributed by atoms with E-state index in [9.17, 15) is 0 Å². The number of para-hydroxylation sites is 3. The van der Waals surface area contributed by atoms with E-state index in [1.54, 1.807) is 0 Å². The number of fused-ring (bicyclic) bond motifs is 4. The predicted molar refractivity (Wildman–Crippen MR) is 257 cm³/mol. The van der Waals surface area contributed by atoms with E-state index in [1.807, 2.05) is 0 Å². The lowest BCUT2D eigenvalue weighted by molar-refractivity contribution is 1.26. The first-order chi connectivity index (χ1) is 29.8. The van der Waals surface area contributed by atoms with E-state index in [4.69, 9.17) is 0 Å². The Morgan fingerprint density at radius 3 is 1.00 bits per heavy atom. The molecule has 0 aliphatic heterocycles. The van der Waals surface area contributed by atoms with Gasteiger partial charge in [-0.2, -0.15) is 0 Å². The summed E-state index contributed by atoms with van der Waals surface area (Å²) < 4.78 is 0. The second kappa shape index (κ2) is 15.1. The number of hydrogen-bond donors (Lipinski definition) is 0. The first kappa shape index (κ1) is 35.2. The molecule has 60 heavy (non-hydrogen) atoms. The molecule has 11 aromatic carbocycles. The predicted octanol–water partition coefficient (Wildman–Crippen LogP) is 16.6. The highest BCUT2D eigenvalue weighted by Crippen LogP contribution is 2.47. The van der Waals surface area contributed by atoms with Gasteiger partial charge in [0.05, 0.1) is 0 Å². The molecule has 0 aliphatic carbocycles. The van der Waals surface area contributed by atoms with Crippen LogP contribution >= 0.6 is 0 Å². The van der Waals surface area contributed by atoms with Gasteiger partial charge in [-0.1, -0.05) is 158 Å². The first-order valence-electron chi connectivity index (χ1n) is 20.6. The summed E-state index contributed by atoms with van der Waals surface area (Å²) in [6.45, 7) is 0. The Balaban J connectivity index is 1.14. The number of anilines is 6. The van der Waals surface area contributed by atoms with Gasteiger partial charge in [0.1, 0.15) is 0 Å². The van der Waals surface area contributed by atoms with Crippen LogP contribution in [0.2, 0.25) is 0 Å². The normalized spacial score (nSPS) is 11.3. The van der Waals surface area contributed by atoms with Crippen LogP contribution in [0.15, 0.2) is 243 Å². The zero-order valence-electron chi connectivity index (χ0n) is 33.0. The molecule has 0 amide bonds. The van der Waals surface area contributed by atoms with Crippen molar-refractivity contribution in [3.8, 4) is 22.3 Å². The van der Waals surface area contributed by atoms with E-state index in [1.165, 1.54) is 65.3 Å². The van der Waals surface area contributed by atoms with Gasteiger partial charge in [-0.3, -0.25) is 0 Å². The monoisotopic (exact) mass is 764 g/mol. The molecule has 282 valence electrons. The van der Waals surface area contributed by atoms with Gasteiger partial charge in [-0.25, -0.2) is 0 Å². The SMILES string of the molecule is c1ccc(N(c2ccccc2)c2ccc(N(c3ccccc3)c3ccc4c(-c5ccc6ccccc6c5)c5ccccc5c(-c5ccc6ccccc6c5)c4c3)cc2)cc1. The summed E-state index contributed by atoms with van der Waals surface area (Å²) in [4.78, 5) is 4.69. The Bertz CT molecular complexity index is 3260. The van der Waals surface area contributed by atoms with Gasteiger partial charge >= 0.3 is 0 Å². The number of rotatable bonds is 8. The lowest BCUT2D eigenvalue weighted by atomic mass is 9.85. The average Bonchev–Trinajstić information content (AvgIpc) is 3.32. The van der Waals surface area contributed by atoms with Crippen molar-refractivity contribution < 1.29 is 0 Å². The van der Waals surface area contributed by atoms with Crippen LogP contribution in [0.1, 0.15) is 0 Å². The zero-order chi connectivity index (χ0) is 39.8. The summed E-state index contributed by atoms with van der Waals surface area (Å²) in [5.41, 5.74) is 11.5. The molecular formula is C58H40N2. The van der Waals surface area contributed by atoms with Gasteiger partial charge in [0, 0.05) is 34.1 Å². The summed E-state index contributed by atoms with van der Waals surface area (Å²) in [6, 6.07) is 88.0. The molecule has 0 saturated heterocycles. The fourth-order valence-electron chi connectivity index (χ4n) is 8.99. The van der Waals surface area contributed by atoms with Gasteiger partial charge in [0.2, 0.25) is 0 Å². The first-order valence-corrected chi connectivity index (χ1v) is 20.6. The molecular weight excluding hydrogens is 725 g/mol. The zero-order valence-corrected chi connectivity index (χ0v) is 33.0. The van der Waals surface area contributed by atoms with Crippen molar-refractivity contribution in [3.05, 3.63) is 243 Å². The Labute approximate surface area is 350 Å². The van der Waals surface area contributed by atoms with Crippen molar-refractivity contribution in [3.63, 3.8) is 0 Å². The second-order valence-corrected chi connectivity index (χ2v) is 15.3. The largest absolute Gasteiger partial charge is 0.311 e. The quantitative estimate of drug-likeness (QED) is 0.142. The van der Waals surface area contributed by atoms with Gasteiger partial charge < -0.3 is 9.80 Å². The lowest BCUT2D eigenvalue weighted by Crippen LogP contribution is -2.12. The molecule has 0 saturated carbocycles. The third-order valence-electron chi connectivity index (χ3n) is 11.8. The maximum Gasteiger partial charge on any atom is 0.0468 e. The van der Waals surface area contributed by atoms with Gasteiger partial charge in [0.15, 0.2) is 0 Å². The highest BCUT2D eigenvalue weighted by atomic mass is 15.2. The summed E-state index contributed by atoms with van der Waals surface area (Å²) in [5, 5.41) is 9.85. The van der Waals surface area contributed by atoms with Crippen LogP contribution in [0.5, 0.6) is 0 Å². The molecule has 11 rings (SSSR count). The summed E-state index contributed by atoms with van der Waals surface area (Å²) >= 11 is 0. The maximum atomic E-state index is 2.41. The van der Waals surface area contributed by atoms with Gasteiger partial charge in [-0.15, -0.1) is 0 Å². The Kier molecular flexibility index (Phi) is 8.87. The van der Waals surface area contributed by atoms with Crippen LogP contribution in [-0.2, 0) is 0 Å². The number of hydrogen-bond acceptors (Lipinski definition) is 2. The Hall–Kier alpha value is -7.94. The minimum absolute atomic E-state index is 1.08. The number of benzene rings is 11. The molecule has 0 bridgehead atoms. The second-order valence-electron chi connectivity index (χ2n) is 15.3. The topological polar surface area (TPSA) is 6.48 Å². The van der Waals surface area contributed by atoms with E-state index in [2.05, 4.69) is 252 Å². The highest BCUT2D eigenvalue weighted by molar-refractivity contribution is 6.22. The fraction of sp³-hybridized carbons (Fsp3) is 0. The Morgan fingerprint density at radius 2 is 0.533 bits per heavy atom. The molecule has 0 radical (unpaired) electrons. The average molecular weight is 765 g/mol. The van der Waals surface area contributed by atoms with Crippen molar-refractivity contribution in [2.75, 3.05) is 9.80 Å². The van der Waals surface area contributed by atoms with E-state index in [0.29, 0.717) is 0 Å². The van der Waals surface area contributed by atoms with Crippen molar-refractivity contribution >= 4 is 77.2 Å². The van der Waals surface area contributed by atoms with E-state index in [-0.39, 0.29) is 0 Å². The molecule has 2 nitrogen and oxygen atoms in total. The van der Waals surface area contributed by atoms with Crippen molar-refractivity contribution in [1.29, 1.82) is 0 Å². The molecule has 0 atom stereocenters. The van der Waals surface area contributed by atoms with Crippen LogP contribution in [0.25, 0.3) is 65.3 Å². The standard InChI is InChI=1S/C58H40N2/c1-4-20-47(21-5-1)59(48-22-6-2-7-23-48)50-32-34-51(35-33-50)60(49-24-8-3-9-25-49)52-36-37-55-56(40-52)58(46-31-29-42-17-11-13-19-44(42)39-46)54-27-15-14-26-53(54)57(55)45-30-28-41-16-10-12-18-43(41)38-45/h1-40H. The molecule has 0 N–H and O–H groups in total. The molecule has 0 fully saturated rings. The van der Waals surface area contributed by atoms with Crippen molar-refractivity contribution in [2.45, 2.75) is 0 Å². The molecule has 0 spiro atoms. The molecule has 0 heterocycles. The van der Waals surface area contributed by atoms with Crippen LogP contribution in [0.4, 0.5) is 34.1 Å².